The predicted molar refractivity (Wildman–Crippen MR) is 97.2 cm³/mol. The fourth-order valence-corrected chi connectivity index (χ4v) is 4.14. The maximum atomic E-state index is 12.9. The van der Waals surface area contributed by atoms with Gasteiger partial charge in [0.05, 0.1) is 16.9 Å². The molecule has 0 amide bonds. The molecule has 0 radical (unpaired) electrons. The lowest BCUT2D eigenvalue weighted by Crippen LogP contribution is -2.27. The third-order valence-corrected chi connectivity index (χ3v) is 6.14. The van der Waals surface area contributed by atoms with Crippen molar-refractivity contribution in [3.63, 3.8) is 0 Å². The molecule has 0 unspecified atom stereocenters. The molecule has 9 heteroatoms. The van der Waals surface area contributed by atoms with Crippen molar-refractivity contribution in [1.82, 2.24) is 4.31 Å². The maximum absolute atomic E-state index is 12.9. The Labute approximate surface area is 154 Å². The van der Waals surface area contributed by atoms with Gasteiger partial charge in [0.2, 0.25) is 10.0 Å². The maximum Gasteiger partial charge on any atom is 0.270 e. The summed E-state index contributed by atoms with van der Waals surface area (Å²) < 4.78 is 32.9. The number of nitrogens with zero attached hydrogens (tertiary/aromatic N) is 2. The van der Waals surface area contributed by atoms with E-state index in [-0.39, 0.29) is 17.1 Å². The van der Waals surface area contributed by atoms with E-state index in [9.17, 15) is 18.5 Å². The highest BCUT2D eigenvalue weighted by Crippen LogP contribution is 2.28. The number of aryl methyl sites for hydroxylation is 1. The highest BCUT2D eigenvalue weighted by atomic mass is 79.9. The number of rotatable bonds is 6. The Morgan fingerprint density at radius 2 is 1.92 bits per heavy atom. The minimum Gasteiger partial charge on any atom is -0.496 e. The van der Waals surface area contributed by atoms with Crippen LogP contribution in [-0.2, 0) is 16.6 Å². The zero-order valence-corrected chi connectivity index (χ0v) is 16.3. The summed E-state index contributed by atoms with van der Waals surface area (Å²) in [6, 6.07) is 9.09. The number of non-ortho nitro benzene ring substituents is 1. The van der Waals surface area contributed by atoms with Crippen molar-refractivity contribution in [3.8, 4) is 5.75 Å². The number of ether oxygens (including phenoxy) is 1. The molecule has 25 heavy (non-hydrogen) atoms. The van der Waals surface area contributed by atoms with Crippen molar-refractivity contribution < 1.29 is 18.1 Å². The Morgan fingerprint density at radius 3 is 2.52 bits per heavy atom. The van der Waals surface area contributed by atoms with Gasteiger partial charge in [-0.1, -0.05) is 22.0 Å². The van der Waals surface area contributed by atoms with Crippen LogP contribution in [0.2, 0.25) is 0 Å². The molecule has 0 bridgehead atoms. The van der Waals surface area contributed by atoms with Crippen molar-refractivity contribution in [2.75, 3.05) is 14.2 Å². The van der Waals surface area contributed by atoms with Crippen LogP contribution in [0.3, 0.4) is 0 Å². The largest absolute Gasteiger partial charge is 0.496 e. The van der Waals surface area contributed by atoms with Crippen LogP contribution in [0, 0.1) is 17.0 Å². The van der Waals surface area contributed by atoms with Crippen LogP contribution in [-0.4, -0.2) is 31.8 Å². The first-order chi connectivity index (χ1) is 11.7. The van der Waals surface area contributed by atoms with Crippen molar-refractivity contribution >= 4 is 31.6 Å². The topological polar surface area (TPSA) is 89.8 Å². The van der Waals surface area contributed by atoms with Crippen LogP contribution in [0.5, 0.6) is 5.75 Å². The lowest BCUT2D eigenvalue weighted by molar-refractivity contribution is -0.385. The van der Waals surface area contributed by atoms with Gasteiger partial charge in [-0.15, -0.1) is 0 Å². The van der Waals surface area contributed by atoms with Crippen molar-refractivity contribution in [2.24, 2.45) is 0 Å². The first-order valence-corrected chi connectivity index (χ1v) is 9.44. The molecule has 0 aliphatic rings. The zero-order chi connectivity index (χ0) is 18.8. The molecular formula is C16H17BrN2O5S. The summed E-state index contributed by atoms with van der Waals surface area (Å²) >= 11 is 3.35. The summed E-state index contributed by atoms with van der Waals surface area (Å²) in [4.78, 5) is 10.2. The Hall–Kier alpha value is -1.97. The molecule has 0 aliphatic carbocycles. The molecule has 0 aliphatic heterocycles. The predicted octanol–water partition coefficient (Wildman–Crippen LogP) is 3.50. The quantitative estimate of drug-likeness (QED) is 0.518. The van der Waals surface area contributed by atoms with Gasteiger partial charge in [0.1, 0.15) is 5.75 Å². The molecule has 2 aromatic rings. The molecule has 0 saturated heterocycles. The van der Waals surface area contributed by atoms with Crippen molar-refractivity contribution in [1.29, 1.82) is 0 Å². The van der Waals surface area contributed by atoms with Gasteiger partial charge in [0, 0.05) is 35.8 Å². The summed E-state index contributed by atoms with van der Waals surface area (Å²) in [5.41, 5.74) is 0.849. The highest BCUT2D eigenvalue weighted by Gasteiger charge is 2.26. The molecule has 134 valence electrons. The van der Waals surface area contributed by atoms with Crippen LogP contribution >= 0.6 is 15.9 Å². The van der Waals surface area contributed by atoms with Gasteiger partial charge >= 0.3 is 0 Å². The summed E-state index contributed by atoms with van der Waals surface area (Å²) in [5, 5.41) is 10.9. The van der Waals surface area contributed by atoms with E-state index in [0.29, 0.717) is 16.9 Å². The molecule has 0 spiro atoms. The third-order valence-electron chi connectivity index (χ3n) is 3.71. The van der Waals surface area contributed by atoms with E-state index < -0.39 is 14.9 Å². The fourth-order valence-electron chi connectivity index (χ4n) is 2.34. The number of nitro benzene ring substituents is 1. The van der Waals surface area contributed by atoms with E-state index in [1.54, 1.807) is 25.1 Å². The standard InChI is InChI=1S/C16H17BrN2O5S/c1-11-4-6-14(19(20)21)9-16(11)25(22,23)18(2)10-12-8-13(17)5-7-15(12)24-3/h4-9H,10H2,1-3H3. The van der Waals surface area contributed by atoms with Crippen LogP contribution in [0.1, 0.15) is 11.1 Å². The SMILES string of the molecule is COc1ccc(Br)cc1CN(C)S(=O)(=O)c1cc([N+](=O)[O-])ccc1C. The summed E-state index contributed by atoms with van der Waals surface area (Å²) in [7, 11) is -0.973. The summed E-state index contributed by atoms with van der Waals surface area (Å²) in [5.74, 6) is 0.556. The molecule has 0 saturated carbocycles. The minimum atomic E-state index is -3.90. The fraction of sp³-hybridized carbons (Fsp3) is 0.250. The average molecular weight is 429 g/mol. The Morgan fingerprint density at radius 1 is 1.24 bits per heavy atom. The third kappa shape index (κ3) is 4.17. The second kappa shape index (κ2) is 7.51. The van der Waals surface area contributed by atoms with E-state index in [1.165, 1.54) is 26.3 Å². The number of methoxy groups -OCH3 is 1. The molecule has 0 heterocycles. The molecule has 0 atom stereocenters. The number of benzene rings is 2. The molecule has 0 fully saturated rings. The number of nitro groups is 1. The Balaban J connectivity index is 2.42. The molecule has 7 nitrogen and oxygen atoms in total. The molecule has 2 rings (SSSR count). The van der Waals surface area contributed by atoms with Gasteiger partial charge < -0.3 is 4.74 Å². The van der Waals surface area contributed by atoms with Crippen LogP contribution in [0.25, 0.3) is 0 Å². The number of sulfonamides is 1. The Bertz CT molecular complexity index is 915. The molecule has 0 aromatic heterocycles. The van der Waals surface area contributed by atoms with Crippen molar-refractivity contribution in [3.05, 3.63) is 62.1 Å². The normalized spacial score (nSPS) is 11.6. The van der Waals surface area contributed by atoms with Gasteiger partial charge in [-0.25, -0.2) is 8.42 Å². The van der Waals surface area contributed by atoms with Crippen LogP contribution in [0.4, 0.5) is 5.69 Å². The van der Waals surface area contributed by atoms with Gasteiger partial charge in [-0.3, -0.25) is 10.1 Å². The molecular weight excluding hydrogens is 412 g/mol. The van der Waals surface area contributed by atoms with Crippen LogP contribution < -0.4 is 4.74 Å². The zero-order valence-electron chi connectivity index (χ0n) is 13.9. The summed E-state index contributed by atoms with van der Waals surface area (Å²) in [6.45, 7) is 1.66. The monoisotopic (exact) mass is 428 g/mol. The second-order valence-electron chi connectivity index (χ2n) is 5.42. The van der Waals surface area contributed by atoms with E-state index in [2.05, 4.69) is 15.9 Å². The lowest BCUT2D eigenvalue weighted by atomic mass is 10.2. The van der Waals surface area contributed by atoms with Gasteiger partial charge in [-0.2, -0.15) is 4.31 Å². The minimum absolute atomic E-state index is 0.0626. The average Bonchev–Trinajstić information content (AvgIpc) is 2.55. The van der Waals surface area contributed by atoms with Gasteiger partial charge in [0.25, 0.3) is 5.69 Å². The van der Waals surface area contributed by atoms with E-state index in [0.717, 1.165) is 14.8 Å². The smallest absolute Gasteiger partial charge is 0.270 e. The first kappa shape index (κ1) is 19.4. The van der Waals surface area contributed by atoms with E-state index in [4.69, 9.17) is 4.74 Å². The lowest BCUT2D eigenvalue weighted by Gasteiger charge is -2.20. The number of hydrogen-bond acceptors (Lipinski definition) is 5. The number of hydrogen-bond donors (Lipinski definition) is 0. The summed E-state index contributed by atoms with van der Waals surface area (Å²) in [6.07, 6.45) is 0. The molecule has 2 aromatic carbocycles. The van der Waals surface area contributed by atoms with Crippen LogP contribution in [0.15, 0.2) is 45.8 Å². The van der Waals surface area contributed by atoms with Gasteiger partial charge in [-0.05, 0) is 30.7 Å². The van der Waals surface area contributed by atoms with Gasteiger partial charge in [0.15, 0.2) is 0 Å². The Kier molecular flexibility index (Phi) is 5.81. The number of halogens is 1. The van der Waals surface area contributed by atoms with Crippen molar-refractivity contribution in [2.45, 2.75) is 18.4 Å². The van der Waals surface area contributed by atoms with E-state index in [1.807, 2.05) is 0 Å². The van der Waals surface area contributed by atoms with E-state index >= 15 is 0 Å². The molecule has 0 N–H and O–H groups in total. The second-order valence-corrected chi connectivity index (χ2v) is 8.35. The highest BCUT2D eigenvalue weighted by molar-refractivity contribution is 9.10. The first-order valence-electron chi connectivity index (χ1n) is 7.20.